The zero-order chi connectivity index (χ0) is 15.3. The van der Waals surface area contributed by atoms with Gasteiger partial charge < -0.3 is 0 Å². The van der Waals surface area contributed by atoms with Crippen molar-refractivity contribution in [2.75, 3.05) is 0 Å². The summed E-state index contributed by atoms with van der Waals surface area (Å²) in [6.07, 6.45) is 4.24. The molecule has 0 spiro atoms. The lowest BCUT2D eigenvalue weighted by molar-refractivity contribution is 0.803. The quantitative estimate of drug-likeness (QED) is 0.670. The second-order valence-corrected chi connectivity index (χ2v) is 6.51. The van der Waals surface area contributed by atoms with Crippen molar-refractivity contribution in [2.45, 2.75) is 38.5 Å². The molecule has 0 aliphatic heterocycles. The van der Waals surface area contributed by atoms with Crippen molar-refractivity contribution >= 4 is 22.6 Å². The lowest BCUT2D eigenvalue weighted by Gasteiger charge is -2.11. The van der Waals surface area contributed by atoms with Crippen LogP contribution < -0.4 is 0 Å². The van der Waals surface area contributed by atoms with Crippen LogP contribution in [0.3, 0.4) is 0 Å². The van der Waals surface area contributed by atoms with Crippen molar-refractivity contribution in [2.24, 2.45) is 0 Å². The van der Waals surface area contributed by atoms with E-state index in [-0.39, 0.29) is 5.28 Å². The van der Waals surface area contributed by atoms with Gasteiger partial charge in [0.1, 0.15) is 5.82 Å². The summed E-state index contributed by atoms with van der Waals surface area (Å²) in [5.74, 6) is 1.90. The van der Waals surface area contributed by atoms with Gasteiger partial charge in [-0.2, -0.15) is 4.98 Å². The molecule has 4 rings (SSSR count). The lowest BCUT2D eigenvalue weighted by Crippen LogP contribution is -2.05. The molecular formula is C17H17ClN4. The monoisotopic (exact) mass is 312 g/mol. The summed E-state index contributed by atoms with van der Waals surface area (Å²) < 4.78 is 2.15. The maximum atomic E-state index is 6.01. The molecule has 0 unspecified atom stereocenters. The van der Waals surface area contributed by atoms with Gasteiger partial charge in [0.25, 0.3) is 0 Å². The van der Waals surface area contributed by atoms with Gasteiger partial charge in [-0.25, -0.2) is 9.97 Å². The molecule has 3 heterocycles. The summed E-state index contributed by atoms with van der Waals surface area (Å²) in [4.78, 5) is 13.4. The van der Waals surface area contributed by atoms with Crippen LogP contribution in [0.1, 0.15) is 49.9 Å². The van der Waals surface area contributed by atoms with Gasteiger partial charge in [0.15, 0.2) is 5.65 Å². The SMILES string of the molecule is CC(C)c1cccc(-n2c(C3CC3)cc3cnc(Cl)nc32)n1. The van der Waals surface area contributed by atoms with E-state index in [2.05, 4.69) is 46.6 Å². The first-order valence-electron chi connectivity index (χ1n) is 7.64. The average Bonchev–Trinajstić information content (AvgIpc) is 3.28. The van der Waals surface area contributed by atoms with Crippen LogP contribution in [0, 0.1) is 0 Å². The van der Waals surface area contributed by atoms with Crippen LogP contribution in [0.15, 0.2) is 30.5 Å². The third-order valence-electron chi connectivity index (χ3n) is 4.11. The molecule has 1 saturated carbocycles. The van der Waals surface area contributed by atoms with E-state index in [1.165, 1.54) is 18.5 Å². The first kappa shape index (κ1) is 13.7. The fourth-order valence-corrected chi connectivity index (χ4v) is 2.92. The summed E-state index contributed by atoms with van der Waals surface area (Å²) in [6, 6.07) is 8.34. The summed E-state index contributed by atoms with van der Waals surface area (Å²) in [7, 11) is 0. The number of fused-ring (bicyclic) bond motifs is 1. The van der Waals surface area contributed by atoms with Crippen molar-refractivity contribution < 1.29 is 0 Å². The van der Waals surface area contributed by atoms with Gasteiger partial charge in [0.2, 0.25) is 5.28 Å². The summed E-state index contributed by atoms with van der Waals surface area (Å²) >= 11 is 6.01. The summed E-state index contributed by atoms with van der Waals surface area (Å²) in [5.41, 5.74) is 3.19. The second kappa shape index (κ2) is 5.06. The van der Waals surface area contributed by atoms with Gasteiger partial charge in [-0.15, -0.1) is 0 Å². The van der Waals surface area contributed by atoms with E-state index in [9.17, 15) is 0 Å². The number of pyridine rings is 1. The molecule has 5 heteroatoms. The molecule has 0 bridgehead atoms. The van der Waals surface area contributed by atoms with E-state index < -0.39 is 0 Å². The Hall–Kier alpha value is -1.94. The van der Waals surface area contributed by atoms with E-state index in [1.54, 1.807) is 6.20 Å². The molecule has 1 aliphatic rings. The molecule has 4 nitrogen and oxygen atoms in total. The highest BCUT2D eigenvalue weighted by Crippen LogP contribution is 2.43. The number of hydrogen-bond acceptors (Lipinski definition) is 3. The fourth-order valence-electron chi connectivity index (χ4n) is 2.79. The first-order chi connectivity index (χ1) is 10.6. The predicted molar refractivity (Wildman–Crippen MR) is 87.7 cm³/mol. The molecule has 0 atom stereocenters. The highest BCUT2D eigenvalue weighted by atomic mass is 35.5. The van der Waals surface area contributed by atoms with E-state index in [0.717, 1.165) is 22.5 Å². The smallest absolute Gasteiger partial charge is 0.224 e. The van der Waals surface area contributed by atoms with E-state index >= 15 is 0 Å². The fraction of sp³-hybridized carbons (Fsp3) is 0.353. The Morgan fingerprint density at radius 1 is 1.23 bits per heavy atom. The third kappa shape index (κ3) is 2.28. The molecular weight excluding hydrogens is 296 g/mol. The van der Waals surface area contributed by atoms with Crippen molar-refractivity contribution in [1.82, 2.24) is 19.5 Å². The van der Waals surface area contributed by atoms with Crippen LogP contribution in [0.4, 0.5) is 0 Å². The number of aromatic nitrogens is 4. The number of rotatable bonds is 3. The van der Waals surface area contributed by atoms with Gasteiger partial charge in [-0.3, -0.25) is 4.57 Å². The van der Waals surface area contributed by atoms with E-state index in [1.807, 2.05) is 6.07 Å². The molecule has 22 heavy (non-hydrogen) atoms. The second-order valence-electron chi connectivity index (χ2n) is 6.17. The minimum atomic E-state index is 0.272. The van der Waals surface area contributed by atoms with Crippen LogP contribution in [-0.4, -0.2) is 19.5 Å². The normalized spacial score (nSPS) is 14.9. The zero-order valence-corrected chi connectivity index (χ0v) is 13.4. The van der Waals surface area contributed by atoms with Crippen LogP contribution in [0.5, 0.6) is 0 Å². The molecule has 0 radical (unpaired) electrons. The molecule has 3 aromatic heterocycles. The van der Waals surface area contributed by atoms with Crippen molar-refractivity contribution in [3.8, 4) is 5.82 Å². The number of nitrogens with zero attached hydrogens (tertiary/aromatic N) is 4. The highest BCUT2D eigenvalue weighted by molar-refractivity contribution is 6.28. The topological polar surface area (TPSA) is 43.6 Å². The maximum Gasteiger partial charge on any atom is 0.224 e. The standard InChI is InChI=1S/C17H17ClN4/c1-10(2)13-4-3-5-15(20-13)22-14(11-6-7-11)8-12-9-19-17(18)21-16(12)22/h3-5,8-11H,6-7H2,1-2H3. The van der Waals surface area contributed by atoms with Crippen LogP contribution in [0.2, 0.25) is 5.28 Å². The predicted octanol–water partition coefficient (Wildman–Crippen LogP) is 4.47. The summed E-state index contributed by atoms with van der Waals surface area (Å²) in [6.45, 7) is 4.31. The van der Waals surface area contributed by atoms with Crippen LogP contribution in [-0.2, 0) is 0 Å². The Kier molecular flexibility index (Phi) is 3.15. The Bertz CT molecular complexity index is 849. The Morgan fingerprint density at radius 3 is 2.77 bits per heavy atom. The van der Waals surface area contributed by atoms with Crippen LogP contribution >= 0.6 is 11.6 Å². The first-order valence-corrected chi connectivity index (χ1v) is 8.02. The molecule has 3 aromatic rings. The highest BCUT2D eigenvalue weighted by Gasteiger charge is 2.29. The van der Waals surface area contributed by atoms with Gasteiger partial charge in [-0.1, -0.05) is 19.9 Å². The molecule has 0 N–H and O–H groups in total. The zero-order valence-electron chi connectivity index (χ0n) is 12.6. The molecule has 0 aromatic carbocycles. The maximum absolute atomic E-state index is 6.01. The van der Waals surface area contributed by atoms with Crippen molar-refractivity contribution in [1.29, 1.82) is 0 Å². The Morgan fingerprint density at radius 2 is 2.05 bits per heavy atom. The van der Waals surface area contributed by atoms with Gasteiger partial charge in [-0.05, 0) is 54.5 Å². The van der Waals surface area contributed by atoms with E-state index in [0.29, 0.717) is 11.8 Å². The van der Waals surface area contributed by atoms with Gasteiger partial charge >= 0.3 is 0 Å². The Labute approximate surface area is 134 Å². The third-order valence-corrected chi connectivity index (χ3v) is 4.29. The lowest BCUT2D eigenvalue weighted by atomic mass is 10.1. The van der Waals surface area contributed by atoms with E-state index in [4.69, 9.17) is 16.6 Å². The average molecular weight is 313 g/mol. The van der Waals surface area contributed by atoms with Gasteiger partial charge in [0.05, 0.1) is 0 Å². The minimum absolute atomic E-state index is 0.272. The van der Waals surface area contributed by atoms with Gasteiger partial charge in [0, 0.05) is 23.0 Å². The molecule has 1 aliphatic carbocycles. The summed E-state index contributed by atoms with van der Waals surface area (Å²) in [5, 5.41) is 1.29. The van der Waals surface area contributed by atoms with Crippen molar-refractivity contribution in [3.63, 3.8) is 0 Å². The number of hydrogen-bond donors (Lipinski definition) is 0. The Balaban J connectivity index is 1.98. The van der Waals surface area contributed by atoms with Crippen LogP contribution in [0.25, 0.3) is 16.9 Å². The molecule has 112 valence electrons. The minimum Gasteiger partial charge on any atom is -0.282 e. The molecule has 0 saturated heterocycles. The van der Waals surface area contributed by atoms with Crippen molar-refractivity contribution in [3.05, 3.63) is 47.1 Å². The number of halogens is 1. The molecule has 0 amide bonds. The largest absolute Gasteiger partial charge is 0.282 e. The molecule has 1 fully saturated rings.